The fourth-order valence-corrected chi connectivity index (χ4v) is 2.29. The van der Waals surface area contributed by atoms with E-state index in [-0.39, 0.29) is 6.61 Å². The number of esters is 1. The van der Waals surface area contributed by atoms with Crippen LogP contribution in [0, 0.1) is 6.92 Å². The number of carbonyl (C=O) groups is 2. The highest BCUT2D eigenvalue weighted by molar-refractivity contribution is 6.42. The monoisotopic (exact) mass is 401 g/mol. The van der Waals surface area contributed by atoms with Crippen molar-refractivity contribution in [2.75, 3.05) is 18.5 Å². The number of halogens is 3. The SMILES string of the molecule is Cc1ccc(Cl)c(OCC(=O)OCC(=O)Nc2ccc(Cl)c(Cl)c2)c1. The van der Waals surface area contributed by atoms with E-state index in [0.29, 0.717) is 26.5 Å². The Morgan fingerprint density at radius 1 is 0.960 bits per heavy atom. The number of rotatable bonds is 6. The molecule has 25 heavy (non-hydrogen) atoms. The van der Waals surface area contributed by atoms with Gasteiger partial charge in [0.2, 0.25) is 0 Å². The van der Waals surface area contributed by atoms with Crippen molar-refractivity contribution in [3.63, 3.8) is 0 Å². The number of hydrogen-bond acceptors (Lipinski definition) is 4. The fraction of sp³-hybridized carbons (Fsp3) is 0.176. The van der Waals surface area contributed by atoms with E-state index in [2.05, 4.69) is 5.32 Å². The Morgan fingerprint density at radius 3 is 2.40 bits per heavy atom. The van der Waals surface area contributed by atoms with Gasteiger partial charge in [-0.1, -0.05) is 40.9 Å². The van der Waals surface area contributed by atoms with Gasteiger partial charge in [0.15, 0.2) is 13.2 Å². The zero-order chi connectivity index (χ0) is 18.4. The van der Waals surface area contributed by atoms with E-state index in [1.165, 1.54) is 6.07 Å². The lowest BCUT2D eigenvalue weighted by molar-refractivity contribution is -0.149. The zero-order valence-electron chi connectivity index (χ0n) is 13.1. The van der Waals surface area contributed by atoms with Crippen LogP contribution in [0.1, 0.15) is 5.56 Å². The first-order valence-corrected chi connectivity index (χ1v) is 8.28. The summed E-state index contributed by atoms with van der Waals surface area (Å²) in [5, 5.41) is 3.60. The van der Waals surface area contributed by atoms with Crippen molar-refractivity contribution < 1.29 is 19.1 Å². The number of nitrogens with one attached hydrogen (secondary N) is 1. The fourth-order valence-electron chi connectivity index (χ4n) is 1.82. The second kappa shape index (κ2) is 8.94. The van der Waals surface area contributed by atoms with Crippen LogP contribution in [0.5, 0.6) is 5.75 Å². The maximum absolute atomic E-state index is 11.8. The predicted molar refractivity (Wildman–Crippen MR) is 97.7 cm³/mol. The van der Waals surface area contributed by atoms with E-state index in [1.54, 1.807) is 24.3 Å². The van der Waals surface area contributed by atoms with Crippen molar-refractivity contribution >= 4 is 52.4 Å². The molecule has 0 aromatic heterocycles. The Kier molecular flexibility index (Phi) is 6.93. The molecular weight excluding hydrogens is 389 g/mol. The van der Waals surface area contributed by atoms with Crippen molar-refractivity contribution in [3.05, 3.63) is 57.0 Å². The van der Waals surface area contributed by atoms with Crippen LogP contribution in [0.3, 0.4) is 0 Å². The summed E-state index contributed by atoms with van der Waals surface area (Å²) < 4.78 is 10.1. The Bertz CT molecular complexity index is 795. The molecule has 0 spiro atoms. The molecule has 0 bridgehead atoms. The lowest BCUT2D eigenvalue weighted by atomic mass is 10.2. The molecule has 0 heterocycles. The van der Waals surface area contributed by atoms with Crippen LogP contribution >= 0.6 is 34.8 Å². The highest BCUT2D eigenvalue weighted by atomic mass is 35.5. The molecule has 0 saturated heterocycles. The van der Waals surface area contributed by atoms with Gasteiger partial charge in [-0.05, 0) is 42.8 Å². The summed E-state index contributed by atoms with van der Waals surface area (Å²) >= 11 is 17.6. The highest BCUT2D eigenvalue weighted by Gasteiger charge is 2.11. The van der Waals surface area contributed by atoms with E-state index in [0.717, 1.165) is 5.56 Å². The van der Waals surface area contributed by atoms with Gasteiger partial charge in [0, 0.05) is 5.69 Å². The van der Waals surface area contributed by atoms with Crippen LogP contribution in [-0.2, 0) is 14.3 Å². The molecule has 0 saturated carbocycles. The molecule has 2 aromatic carbocycles. The normalized spacial score (nSPS) is 10.2. The average Bonchev–Trinajstić information content (AvgIpc) is 2.57. The quantitative estimate of drug-likeness (QED) is 0.722. The van der Waals surface area contributed by atoms with Gasteiger partial charge in [-0.3, -0.25) is 4.79 Å². The van der Waals surface area contributed by atoms with Crippen molar-refractivity contribution in [3.8, 4) is 5.75 Å². The second-order valence-electron chi connectivity index (χ2n) is 5.06. The van der Waals surface area contributed by atoms with Crippen molar-refractivity contribution in [2.45, 2.75) is 6.92 Å². The first-order chi connectivity index (χ1) is 11.8. The molecule has 1 N–H and O–H groups in total. The molecule has 0 radical (unpaired) electrons. The van der Waals surface area contributed by atoms with Gasteiger partial charge in [-0.15, -0.1) is 0 Å². The lowest BCUT2D eigenvalue weighted by Gasteiger charge is -2.09. The molecule has 132 valence electrons. The molecule has 0 aliphatic carbocycles. The van der Waals surface area contributed by atoms with E-state index in [1.807, 2.05) is 13.0 Å². The number of aryl methyl sites for hydroxylation is 1. The van der Waals surface area contributed by atoms with Gasteiger partial charge in [0.25, 0.3) is 5.91 Å². The predicted octanol–water partition coefficient (Wildman–Crippen LogP) is 4.52. The smallest absolute Gasteiger partial charge is 0.344 e. The van der Waals surface area contributed by atoms with Crippen LogP contribution in [0.15, 0.2) is 36.4 Å². The van der Waals surface area contributed by atoms with Gasteiger partial charge in [0.1, 0.15) is 5.75 Å². The standard InChI is InChI=1S/C17H14Cl3NO4/c1-10-2-4-13(19)15(6-10)24-9-17(23)25-8-16(22)21-11-3-5-12(18)14(20)7-11/h2-7H,8-9H2,1H3,(H,21,22). The lowest BCUT2D eigenvalue weighted by Crippen LogP contribution is -2.23. The van der Waals surface area contributed by atoms with Crippen LogP contribution < -0.4 is 10.1 Å². The molecule has 0 atom stereocenters. The number of carbonyl (C=O) groups excluding carboxylic acids is 2. The molecule has 5 nitrogen and oxygen atoms in total. The minimum Gasteiger partial charge on any atom is -0.480 e. The van der Waals surface area contributed by atoms with E-state index in [9.17, 15) is 9.59 Å². The number of hydrogen-bond donors (Lipinski definition) is 1. The zero-order valence-corrected chi connectivity index (χ0v) is 15.4. The van der Waals surface area contributed by atoms with E-state index < -0.39 is 18.5 Å². The second-order valence-corrected chi connectivity index (χ2v) is 6.28. The van der Waals surface area contributed by atoms with E-state index >= 15 is 0 Å². The molecule has 0 fully saturated rings. The Balaban J connectivity index is 1.78. The Morgan fingerprint density at radius 2 is 1.68 bits per heavy atom. The van der Waals surface area contributed by atoms with Crippen molar-refractivity contribution in [2.24, 2.45) is 0 Å². The van der Waals surface area contributed by atoms with E-state index in [4.69, 9.17) is 44.3 Å². The molecule has 1 amide bonds. The Hall–Kier alpha value is -1.95. The van der Waals surface area contributed by atoms with Gasteiger partial charge in [-0.25, -0.2) is 4.79 Å². The summed E-state index contributed by atoms with van der Waals surface area (Å²) in [6, 6.07) is 9.81. The molecular formula is C17H14Cl3NO4. The molecule has 8 heteroatoms. The van der Waals surface area contributed by atoms with Gasteiger partial charge >= 0.3 is 5.97 Å². The summed E-state index contributed by atoms with van der Waals surface area (Å²) in [7, 11) is 0. The average molecular weight is 403 g/mol. The van der Waals surface area contributed by atoms with Crippen LogP contribution in [0.4, 0.5) is 5.69 Å². The minimum absolute atomic E-state index is 0.305. The summed E-state index contributed by atoms with van der Waals surface area (Å²) in [6.07, 6.45) is 0. The topological polar surface area (TPSA) is 64.6 Å². The minimum atomic E-state index is -0.693. The third-order valence-corrected chi connectivity index (χ3v) is 4.05. The maximum Gasteiger partial charge on any atom is 0.344 e. The largest absolute Gasteiger partial charge is 0.480 e. The summed E-state index contributed by atoms with van der Waals surface area (Å²) in [6.45, 7) is 1.06. The third-order valence-electron chi connectivity index (χ3n) is 3.00. The molecule has 0 unspecified atom stereocenters. The van der Waals surface area contributed by atoms with Gasteiger partial charge in [0.05, 0.1) is 15.1 Å². The van der Waals surface area contributed by atoms with Crippen LogP contribution in [0.25, 0.3) is 0 Å². The van der Waals surface area contributed by atoms with Crippen molar-refractivity contribution in [1.29, 1.82) is 0 Å². The third kappa shape index (κ3) is 6.12. The first-order valence-electron chi connectivity index (χ1n) is 7.14. The Labute approximate surface area is 159 Å². The molecule has 2 rings (SSSR count). The van der Waals surface area contributed by atoms with Crippen LogP contribution in [-0.4, -0.2) is 25.1 Å². The maximum atomic E-state index is 11.8. The van der Waals surface area contributed by atoms with Gasteiger partial charge < -0.3 is 14.8 Å². The molecule has 0 aliphatic heterocycles. The highest BCUT2D eigenvalue weighted by Crippen LogP contribution is 2.26. The summed E-state index contributed by atoms with van der Waals surface area (Å²) in [4.78, 5) is 23.4. The summed E-state index contributed by atoms with van der Waals surface area (Å²) in [5.74, 6) is -0.832. The number of anilines is 1. The molecule has 0 aliphatic rings. The van der Waals surface area contributed by atoms with Gasteiger partial charge in [-0.2, -0.15) is 0 Å². The number of benzene rings is 2. The molecule has 2 aromatic rings. The summed E-state index contributed by atoms with van der Waals surface area (Å²) in [5.41, 5.74) is 1.38. The van der Waals surface area contributed by atoms with Crippen molar-refractivity contribution in [1.82, 2.24) is 0 Å². The number of amides is 1. The van der Waals surface area contributed by atoms with Crippen LogP contribution in [0.2, 0.25) is 15.1 Å². The number of ether oxygens (including phenoxy) is 2. The first kappa shape index (κ1) is 19.4.